The van der Waals surface area contributed by atoms with Gasteiger partial charge in [0.1, 0.15) is 0 Å². The number of carbonyl (C=O) groups is 2. The second-order valence-corrected chi connectivity index (χ2v) is 5.43. The van der Waals surface area contributed by atoms with Crippen LogP contribution in [0, 0.1) is 5.92 Å². The maximum Gasteiger partial charge on any atom is 0.307 e. The highest BCUT2D eigenvalue weighted by atomic mass is 16.5. The molecule has 1 aromatic carbocycles. The molecule has 1 heterocycles. The number of nitrogens with one attached hydrogen (secondary N) is 1. The number of hydrogen-bond acceptors (Lipinski definition) is 3. The summed E-state index contributed by atoms with van der Waals surface area (Å²) in [5.41, 5.74) is 1.74. The van der Waals surface area contributed by atoms with Crippen LogP contribution in [0.25, 0.3) is 0 Å². The first kappa shape index (κ1) is 15.5. The SMILES string of the molecule is O=C(O)Cc1ccc(CNC(=O)CCC2CCOC2)cc1. The largest absolute Gasteiger partial charge is 0.481 e. The summed E-state index contributed by atoms with van der Waals surface area (Å²) >= 11 is 0. The van der Waals surface area contributed by atoms with Gasteiger partial charge in [-0.1, -0.05) is 24.3 Å². The molecular weight excluding hydrogens is 270 g/mol. The predicted octanol–water partition coefficient (Wildman–Crippen LogP) is 1.75. The van der Waals surface area contributed by atoms with Crippen molar-refractivity contribution in [3.63, 3.8) is 0 Å². The summed E-state index contributed by atoms with van der Waals surface area (Å²) in [6, 6.07) is 7.27. The third kappa shape index (κ3) is 5.55. The molecule has 5 nitrogen and oxygen atoms in total. The van der Waals surface area contributed by atoms with E-state index >= 15 is 0 Å². The molecule has 1 aliphatic heterocycles. The molecule has 1 atom stereocenters. The number of hydrogen-bond donors (Lipinski definition) is 2. The van der Waals surface area contributed by atoms with Gasteiger partial charge >= 0.3 is 5.97 Å². The zero-order chi connectivity index (χ0) is 15.1. The quantitative estimate of drug-likeness (QED) is 0.802. The molecule has 21 heavy (non-hydrogen) atoms. The summed E-state index contributed by atoms with van der Waals surface area (Å²) in [5.74, 6) is -0.269. The van der Waals surface area contributed by atoms with Crippen LogP contribution in [-0.2, 0) is 27.3 Å². The average molecular weight is 291 g/mol. The third-order valence-corrected chi connectivity index (χ3v) is 3.67. The molecule has 0 bridgehead atoms. The molecule has 0 radical (unpaired) electrons. The van der Waals surface area contributed by atoms with Crippen molar-refractivity contribution in [2.45, 2.75) is 32.2 Å². The summed E-state index contributed by atoms with van der Waals surface area (Å²) in [6.07, 6.45) is 2.49. The molecule has 5 heteroatoms. The monoisotopic (exact) mass is 291 g/mol. The third-order valence-electron chi connectivity index (χ3n) is 3.67. The fourth-order valence-electron chi connectivity index (χ4n) is 2.38. The molecular formula is C16H21NO4. The van der Waals surface area contributed by atoms with Crippen molar-refractivity contribution in [1.29, 1.82) is 0 Å². The van der Waals surface area contributed by atoms with E-state index in [4.69, 9.17) is 9.84 Å². The molecule has 1 saturated heterocycles. The van der Waals surface area contributed by atoms with Crippen molar-refractivity contribution < 1.29 is 19.4 Å². The van der Waals surface area contributed by atoms with Crippen molar-refractivity contribution in [2.75, 3.05) is 13.2 Å². The van der Waals surface area contributed by atoms with Gasteiger partial charge in [0.2, 0.25) is 5.91 Å². The summed E-state index contributed by atoms with van der Waals surface area (Å²) in [5, 5.41) is 11.6. The van der Waals surface area contributed by atoms with Crippen molar-refractivity contribution in [3.05, 3.63) is 35.4 Å². The highest BCUT2D eigenvalue weighted by molar-refractivity contribution is 5.75. The van der Waals surface area contributed by atoms with Gasteiger partial charge in [-0.2, -0.15) is 0 Å². The lowest BCUT2D eigenvalue weighted by atomic mass is 10.0. The molecule has 0 spiro atoms. The molecule has 1 fully saturated rings. The molecule has 1 amide bonds. The standard InChI is InChI=1S/C16H21NO4/c18-15(6-5-14-7-8-21-11-14)17-10-13-3-1-12(2-4-13)9-16(19)20/h1-4,14H,5-11H2,(H,17,18)(H,19,20). The van der Waals surface area contributed by atoms with Gasteiger partial charge in [0.25, 0.3) is 0 Å². The van der Waals surface area contributed by atoms with E-state index in [1.54, 1.807) is 12.1 Å². The van der Waals surface area contributed by atoms with Crippen LogP contribution in [0.4, 0.5) is 0 Å². The van der Waals surface area contributed by atoms with E-state index in [2.05, 4.69) is 5.32 Å². The minimum absolute atomic E-state index is 0.0239. The van der Waals surface area contributed by atoms with Crippen molar-refractivity contribution in [3.8, 4) is 0 Å². The van der Waals surface area contributed by atoms with Gasteiger partial charge in [0, 0.05) is 26.2 Å². The van der Waals surface area contributed by atoms with E-state index in [0.29, 0.717) is 18.9 Å². The van der Waals surface area contributed by atoms with Crippen LogP contribution in [0.2, 0.25) is 0 Å². The predicted molar refractivity (Wildman–Crippen MR) is 77.8 cm³/mol. The number of benzene rings is 1. The Labute approximate surface area is 124 Å². The minimum Gasteiger partial charge on any atom is -0.481 e. The Morgan fingerprint density at radius 1 is 1.24 bits per heavy atom. The van der Waals surface area contributed by atoms with Gasteiger partial charge in [-0.15, -0.1) is 0 Å². The van der Waals surface area contributed by atoms with Gasteiger partial charge in [-0.3, -0.25) is 9.59 Å². The number of amides is 1. The smallest absolute Gasteiger partial charge is 0.307 e. The maximum atomic E-state index is 11.8. The first-order valence-corrected chi connectivity index (χ1v) is 7.27. The Morgan fingerprint density at radius 2 is 1.95 bits per heavy atom. The number of carbonyl (C=O) groups excluding carboxylic acids is 1. The van der Waals surface area contributed by atoms with Crippen LogP contribution in [0.1, 0.15) is 30.4 Å². The van der Waals surface area contributed by atoms with Crippen LogP contribution in [0.15, 0.2) is 24.3 Å². The molecule has 0 aliphatic carbocycles. The van der Waals surface area contributed by atoms with Gasteiger partial charge < -0.3 is 15.2 Å². The van der Waals surface area contributed by atoms with E-state index in [9.17, 15) is 9.59 Å². The number of carboxylic acid groups (broad SMARTS) is 1. The van der Waals surface area contributed by atoms with Crippen LogP contribution in [0.5, 0.6) is 0 Å². The molecule has 2 rings (SSSR count). The Hall–Kier alpha value is -1.88. The van der Waals surface area contributed by atoms with E-state index in [1.807, 2.05) is 12.1 Å². The van der Waals surface area contributed by atoms with E-state index < -0.39 is 5.97 Å². The summed E-state index contributed by atoms with van der Waals surface area (Å²) in [4.78, 5) is 22.3. The topological polar surface area (TPSA) is 75.6 Å². The zero-order valence-electron chi connectivity index (χ0n) is 12.0. The lowest BCUT2D eigenvalue weighted by Gasteiger charge is -2.08. The lowest BCUT2D eigenvalue weighted by molar-refractivity contribution is -0.136. The fraction of sp³-hybridized carbons (Fsp3) is 0.500. The van der Waals surface area contributed by atoms with Gasteiger partial charge in [-0.25, -0.2) is 0 Å². The minimum atomic E-state index is -0.841. The second kappa shape index (κ2) is 7.78. The molecule has 1 aromatic rings. The molecule has 2 N–H and O–H groups in total. The van der Waals surface area contributed by atoms with Crippen LogP contribution < -0.4 is 5.32 Å². The van der Waals surface area contributed by atoms with Crippen molar-refractivity contribution in [1.82, 2.24) is 5.32 Å². The summed E-state index contributed by atoms with van der Waals surface area (Å²) in [6.45, 7) is 2.07. The van der Waals surface area contributed by atoms with Crippen molar-refractivity contribution in [2.24, 2.45) is 5.92 Å². The normalized spacial score (nSPS) is 17.6. The highest BCUT2D eigenvalue weighted by Crippen LogP contribution is 2.17. The van der Waals surface area contributed by atoms with Crippen LogP contribution in [-0.4, -0.2) is 30.2 Å². The maximum absolute atomic E-state index is 11.8. The van der Waals surface area contributed by atoms with Crippen LogP contribution in [0.3, 0.4) is 0 Å². The number of rotatable bonds is 7. The zero-order valence-corrected chi connectivity index (χ0v) is 12.0. The Bertz CT molecular complexity index is 478. The Balaban J connectivity index is 1.69. The second-order valence-electron chi connectivity index (χ2n) is 5.43. The van der Waals surface area contributed by atoms with Crippen LogP contribution >= 0.6 is 0 Å². The highest BCUT2D eigenvalue weighted by Gasteiger charge is 2.16. The number of ether oxygens (including phenoxy) is 1. The van der Waals surface area contributed by atoms with Gasteiger partial charge in [0.15, 0.2) is 0 Å². The number of carboxylic acids is 1. The molecule has 1 aliphatic rings. The van der Waals surface area contributed by atoms with Gasteiger partial charge in [-0.05, 0) is 29.9 Å². The molecule has 114 valence electrons. The average Bonchev–Trinajstić information content (AvgIpc) is 2.97. The van der Waals surface area contributed by atoms with Crippen molar-refractivity contribution >= 4 is 11.9 Å². The molecule has 1 unspecified atom stereocenters. The molecule has 0 aromatic heterocycles. The Kier molecular flexibility index (Phi) is 5.75. The fourth-order valence-corrected chi connectivity index (χ4v) is 2.38. The summed E-state index contributed by atoms with van der Waals surface area (Å²) < 4.78 is 5.28. The first-order valence-electron chi connectivity index (χ1n) is 7.27. The molecule has 0 saturated carbocycles. The number of aliphatic carboxylic acids is 1. The van der Waals surface area contributed by atoms with E-state index in [1.165, 1.54) is 0 Å². The van der Waals surface area contributed by atoms with E-state index in [0.717, 1.165) is 37.2 Å². The Morgan fingerprint density at radius 3 is 2.57 bits per heavy atom. The van der Waals surface area contributed by atoms with E-state index in [-0.39, 0.29) is 12.3 Å². The van der Waals surface area contributed by atoms with Gasteiger partial charge in [0.05, 0.1) is 6.42 Å². The first-order chi connectivity index (χ1) is 10.1. The lowest BCUT2D eigenvalue weighted by Crippen LogP contribution is -2.23. The summed E-state index contributed by atoms with van der Waals surface area (Å²) in [7, 11) is 0.